The zero-order valence-corrected chi connectivity index (χ0v) is 11.2. The van der Waals surface area contributed by atoms with Crippen LogP contribution in [0.2, 0.25) is 5.02 Å². The first-order chi connectivity index (χ1) is 7.26. The molecule has 0 N–H and O–H groups in total. The predicted molar refractivity (Wildman–Crippen MR) is 68.9 cm³/mol. The van der Waals surface area contributed by atoms with Gasteiger partial charge in [0.15, 0.2) is 0 Å². The van der Waals surface area contributed by atoms with Gasteiger partial charge in [-0.2, -0.15) is 0 Å². The molecule has 1 aromatic carbocycles. The zero-order valence-electron chi connectivity index (χ0n) is 8.88. The molecule has 1 atom stereocenters. The van der Waals surface area contributed by atoms with Crippen molar-refractivity contribution >= 4 is 27.5 Å². The first-order valence-corrected chi connectivity index (χ1v) is 6.64. The Morgan fingerprint density at radius 1 is 1.33 bits per heavy atom. The first kappa shape index (κ1) is 13.0. The van der Waals surface area contributed by atoms with Gasteiger partial charge in [0.05, 0.1) is 6.61 Å². The fraction of sp³-hybridized carbons (Fsp3) is 0.500. The van der Waals surface area contributed by atoms with Gasteiger partial charge in [0.2, 0.25) is 0 Å². The molecule has 0 saturated heterocycles. The van der Waals surface area contributed by atoms with E-state index in [1.807, 2.05) is 19.1 Å². The number of halogens is 2. The SMILES string of the molecule is CCOCC(CBr)Cc1ccc(Cl)cc1. The van der Waals surface area contributed by atoms with Crippen LogP contribution in [0.3, 0.4) is 0 Å². The molecule has 1 aromatic rings. The molecule has 3 heteroatoms. The van der Waals surface area contributed by atoms with Gasteiger partial charge in [-0.3, -0.25) is 0 Å². The molecule has 0 aromatic heterocycles. The smallest absolute Gasteiger partial charge is 0.0505 e. The van der Waals surface area contributed by atoms with E-state index in [1.54, 1.807) is 0 Å². The van der Waals surface area contributed by atoms with Crippen molar-refractivity contribution in [3.05, 3.63) is 34.9 Å². The molecule has 0 spiro atoms. The van der Waals surface area contributed by atoms with Crippen molar-refractivity contribution in [3.63, 3.8) is 0 Å². The minimum Gasteiger partial charge on any atom is -0.381 e. The summed E-state index contributed by atoms with van der Waals surface area (Å²) >= 11 is 9.34. The van der Waals surface area contributed by atoms with Crippen LogP contribution in [0.15, 0.2) is 24.3 Å². The van der Waals surface area contributed by atoms with Gasteiger partial charge in [-0.1, -0.05) is 39.7 Å². The molecule has 0 aliphatic carbocycles. The van der Waals surface area contributed by atoms with E-state index in [0.717, 1.165) is 30.0 Å². The molecule has 15 heavy (non-hydrogen) atoms. The summed E-state index contributed by atoms with van der Waals surface area (Å²) in [6.45, 7) is 3.61. The summed E-state index contributed by atoms with van der Waals surface area (Å²) in [4.78, 5) is 0. The summed E-state index contributed by atoms with van der Waals surface area (Å²) in [5, 5.41) is 1.76. The highest BCUT2D eigenvalue weighted by Gasteiger charge is 2.08. The van der Waals surface area contributed by atoms with Crippen molar-refractivity contribution in [2.24, 2.45) is 5.92 Å². The lowest BCUT2D eigenvalue weighted by Gasteiger charge is -2.13. The van der Waals surface area contributed by atoms with E-state index in [9.17, 15) is 0 Å². The van der Waals surface area contributed by atoms with Crippen molar-refractivity contribution in [1.29, 1.82) is 0 Å². The molecule has 0 radical (unpaired) electrons. The largest absolute Gasteiger partial charge is 0.381 e. The van der Waals surface area contributed by atoms with Crippen LogP contribution in [0.25, 0.3) is 0 Å². The molecular formula is C12H16BrClO. The first-order valence-electron chi connectivity index (χ1n) is 5.14. The monoisotopic (exact) mass is 290 g/mol. The molecule has 1 rings (SSSR count). The summed E-state index contributed by atoms with van der Waals surface area (Å²) < 4.78 is 5.43. The molecule has 0 amide bonds. The van der Waals surface area contributed by atoms with Gasteiger partial charge in [-0.15, -0.1) is 0 Å². The third kappa shape index (κ3) is 5.01. The Labute approximate surface area is 105 Å². The average molecular weight is 292 g/mol. The third-order valence-corrected chi connectivity index (χ3v) is 3.38. The number of ether oxygens (including phenoxy) is 1. The van der Waals surface area contributed by atoms with Crippen LogP contribution < -0.4 is 0 Å². The summed E-state index contributed by atoms with van der Waals surface area (Å²) in [6.07, 6.45) is 1.03. The normalized spacial score (nSPS) is 12.7. The van der Waals surface area contributed by atoms with E-state index in [1.165, 1.54) is 5.56 Å². The Kier molecular flexibility index (Phi) is 6.30. The highest BCUT2D eigenvalue weighted by Crippen LogP contribution is 2.15. The molecule has 0 fully saturated rings. The Morgan fingerprint density at radius 3 is 2.53 bits per heavy atom. The maximum Gasteiger partial charge on any atom is 0.0505 e. The number of alkyl halides is 1. The maximum absolute atomic E-state index is 5.83. The molecule has 0 aliphatic rings. The van der Waals surface area contributed by atoms with Crippen LogP contribution in [-0.4, -0.2) is 18.5 Å². The van der Waals surface area contributed by atoms with Gasteiger partial charge in [0.1, 0.15) is 0 Å². The second kappa shape index (κ2) is 7.26. The highest BCUT2D eigenvalue weighted by atomic mass is 79.9. The molecule has 0 aliphatic heterocycles. The maximum atomic E-state index is 5.83. The summed E-state index contributed by atoms with van der Waals surface area (Å²) in [5.74, 6) is 0.533. The van der Waals surface area contributed by atoms with Gasteiger partial charge < -0.3 is 4.74 Å². The Hall–Kier alpha value is -0.0500. The average Bonchev–Trinajstić information content (AvgIpc) is 2.27. The lowest BCUT2D eigenvalue weighted by molar-refractivity contribution is 0.118. The Balaban J connectivity index is 2.47. The van der Waals surface area contributed by atoms with E-state index >= 15 is 0 Å². The lowest BCUT2D eigenvalue weighted by atomic mass is 10.0. The minimum absolute atomic E-state index is 0.533. The number of rotatable bonds is 6. The lowest BCUT2D eigenvalue weighted by Crippen LogP contribution is -2.14. The fourth-order valence-electron chi connectivity index (χ4n) is 1.40. The van der Waals surface area contributed by atoms with Gasteiger partial charge in [-0.25, -0.2) is 0 Å². The number of hydrogen-bond acceptors (Lipinski definition) is 1. The van der Waals surface area contributed by atoms with Crippen LogP contribution >= 0.6 is 27.5 Å². The minimum atomic E-state index is 0.533. The second-order valence-corrected chi connectivity index (χ2v) is 4.59. The zero-order chi connectivity index (χ0) is 11.1. The molecule has 0 heterocycles. The van der Waals surface area contributed by atoms with Crippen molar-refractivity contribution in [3.8, 4) is 0 Å². The second-order valence-electron chi connectivity index (χ2n) is 3.51. The fourth-order valence-corrected chi connectivity index (χ4v) is 1.94. The van der Waals surface area contributed by atoms with E-state index < -0.39 is 0 Å². The van der Waals surface area contributed by atoms with Gasteiger partial charge >= 0.3 is 0 Å². The number of benzene rings is 1. The van der Waals surface area contributed by atoms with Crippen molar-refractivity contribution < 1.29 is 4.74 Å². The number of hydrogen-bond donors (Lipinski definition) is 0. The molecule has 0 bridgehead atoms. The molecular weight excluding hydrogens is 275 g/mol. The van der Waals surface area contributed by atoms with Crippen molar-refractivity contribution in [2.75, 3.05) is 18.5 Å². The predicted octanol–water partition coefficient (Wildman–Crippen LogP) is 3.93. The van der Waals surface area contributed by atoms with Crippen LogP contribution in [-0.2, 0) is 11.2 Å². The summed E-state index contributed by atoms with van der Waals surface area (Å²) in [6, 6.07) is 8.01. The van der Waals surface area contributed by atoms with Gasteiger partial charge in [-0.05, 0) is 37.0 Å². The highest BCUT2D eigenvalue weighted by molar-refractivity contribution is 9.09. The van der Waals surface area contributed by atoms with Crippen LogP contribution in [0, 0.1) is 5.92 Å². The van der Waals surface area contributed by atoms with Crippen LogP contribution in [0.5, 0.6) is 0 Å². The summed E-state index contributed by atoms with van der Waals surface area (Å²) in [5.41, 5.74) is 1.31. The van der Waals surface area contributed by atoms with Gasteiger partial charge in [0, 0.05) is 17.0 Å². The summed E-state index contributed by atoms with van der Waals surface area (Å²) in [7, 11) is 0. The molecule has 84 valence electrons. The molecule has 1 unspecified atom stereocenters. The third-order valence-electron chi connectivity index (χ3n) is 2.21. The quantitative estimate of drug-likeness (QED) is 0.722. The topological polar surface area (TPSA) is 9.23 Å². The van der Waals surface area contributed by atoms with Crippen molar-refractivity contribution in [1.82, 2.24) is 0 Å². The van der Waals surface area contributed by atoms with Crippen LogP contribution in [0.4, 0.5) is 0 Å². The van der Waals surface area contributed by atoms with Gasteiger partial charge in [0.25, 0.3) is 0 Å². The van der Waals surface area contributed by atoms with E-state index in [2.05, 4.69) is 28.1 Å². The Bertz CT molecular complexity index is 273. The molecule has 0 saturated carbocycles. The van der Waals surface area contributed by atoms with E-state index in [4.69, 9.17) is 16.3 Å². The molecule has 1 nitrogen and oxygen atoms in total. The van der Waals surface area contributed by atoms with E-state index in [-0.39, 0.29) is 0 Å². The van der Waals surface area contributed by atoms with Crippen molar-refractivity contribution in [2.45, 2.75) is 13.3 Å². The van der Waals surface area contributed by atoms with Crippen LogP contribution in [0.1, 0.15) is 12.5 Å². The van der Waals surface area contributed by atoms with E-state index in [0.29, 0.717) is 5.92 Å². The standard InChI is InChI=1S/C12H16BrClO/c1-2-15-9-11(8-13)7-10-3-5-12(14)6-4-10/h3-6,11H,2,7-9H2,1H3. The Morgan fingerprint density at radius 2 is 2.00 bits per heavy atom.